The van der Waals surface area contributed by atoms with Crippen molar-refractivity contribution in [2.75, 3.05) is 26.2 Å². The first-order chi connectivity index (χ1) is 10.7. The van der Waals surface area contributed by atoms with Gasteiger partial charge in [-0.1, -0.05) is 12.5 Å². The number of nitrogens with two attached hydrogens (primary N) is 1. The van der Waals surface area contributed by atoms with Crippen molar-refractivity contribution in [2.24, 2.45) is 11.7 Å². The van der Waals surface area contributed by atoms with Crippen LogP contribution in [0, 0.1) is 5.92 Å². The van der Waals surface area contributed by atoms with Crippen molar-refractivity contribution in [3.8, 4) is 0 Å². The van der Waals surface area contributed by atoms with E-state index in [-0.39, 0.29) is 17.9 Å². The van der Waals surface area contributed by atoms with E-state index in [1.54, 1.807) is 6.20 Å². The molecule has 1 saturated carbocycles. The summed E-state index contributed by atoms with van der Waals surface area (Å²) in [5.41, 5.74) is 7.31. The quantitative estimate of drug-likeness (QED) is 0.917. The van der Waals surface area contributed by atoms with E-state index in [4.69, 9.17) is 5.73 Å². The molecule has 120 valence electrons. The number of carbonyl (C=O) groups excluding carboxylic acids is 1. The maximum absolute atomic E-state index is 12.6. The molecule has 0 spiro atoms. The molecular weight excluding hydrogens is 276 g/mol. The van der Waals surface area contributed by atoms with Gasteiger partial charge in [-0.2, -0.15) is 0 Å². The molecule has 1 aromatic heterocycles. The first-order valence-corrected chi connectivity index (χ1v) is 8.35. The number of aromatic nitrogens is 1. The Kier molecular flexibility index (Phi) is 4.74. The minimum absolute atomic E-state index is 0.0577. The lowest BCUT2D eigenvalue weighted by Gasteiger charge is -2.39. The third-order valence-corrected chi connectivity index (χ3v) is 5.23. The Hall–Kier alpha value is -1.46. The molecule has 1 saturated heterocycles. The maximum atomic E-state index is 12.6. The second-order valence-electron chi connectivity index (χ2n) is 6.52. The van der Waals surface area contributed by atoms with Crippen LogP contribution in [0.2, 0.25) is 0 Å². The van der Waals surface area contributed by atoms with Crippen LogP contribution in [0.1, 0.15) is 37.8 Å². The molecule has 3 atom stereocenters. The second kappa shape index (κ2) is 6.75. The zero-order valence-corrected chi connectivity index (χ0v) is 13.3. The SMILES string of the molecule is C[C@H](c1cccnc1)N1CCN(C(=O)[C@@H]2CCC[C@@H]2N)CC1. The molecule has 5 heteroatoms. The predicted octanol–water partition coefficient (Wildman–Crippen LogP) is 1.41. The maximum Gasteiger partial charge on any atom is 0.227 e. The van der Waals surface area contributed by atoms with Gasteiger partial charge in [0.05, 0.1) is 5.92 Å². The zero-order chi connectivity index (χ0) is 15.5. The summed E-state index contributed by atoms with van der Waals surface area (Å²) in [6.07, 6.45) is 6.79. The molecule has 2 heterocycles. The molecule has 0 bridgehead atoms. The zero-order valence-electron chi connectivity index (χ0n) is 13.3. The monoisotopic (exact) mass is 302 g/mol. The highest BCUT2D eigenvalue weighted by Crippen LogP contribution is 2.27. The Morgan fingerprint density at radius 1 is 1.32 bits per heavy atom. The van der Waals surface area contributed by atoms with Crippen molar-refractivity contribution in [1.29, 1.82) is 0 Å². The molecule has 1 aromatic rings. The van der Waals surface area contributed by atoms with Crippen molar-refractivity contribution in [3.63, 3.8) is 0 Å². The molecule has 0 aromatic carbocycles. The van der Waals surface area contributed by atoms with Gasteiger partial charge in [0, 0.05) is 50.7 Å². The topological polar surface area (TPSA) is 62.5 Å². The second-order valence-corrected chi connectivity index (χ2v) is 6.52. The third-order valence-electron chi connectivity index (χ3n) is 5.23. The molecular formula is C17H26N4O. The van der Waals surface area contributed by atoms with Crippen LogP contribution >= 0.6 is 0 Å². The molecule has 1 aliphatic heterocycles. The van der Waals surface area contributed by atoms with E-state index < -0.39 is 0 Å². The summed E-state index contributed by atoms with van der Waals surface area (Å²) in [6, 6.07) is 4.51. The summed E-state index contributed by atoms with van der Waals surface area (Å²) >= 11 is 0. The van der Waals surface area contributed by atoms with E-state index >= 15 is 0 Å². The number of hydrogen-bond donors (Lipinski definition) is 1. The lowest BCUT2D eigenvalue weighted by molar-refractivity contribution is -0.137. The number of amides is 1. The Balaban J connectivity index is 1.55. The van der Waals surface area contributed by atoms with Gasteiger partial charge in [0.1, 0.15) is 0 Å². The van der Waals surface area contributed by atoms with E-state index in [1.807, 2.05) is 17.2 Å². The van der Waals surface area contributed by atoms with Gasteiger partial charge in [-0.25, -0.2) is 0 Å². The molecule has 5 nitrogen and oxygen atoms in total. The van der Waals surface area contributed by atoms with Gasteiger partial charge in [-0.3, -0.25) is 14.7 Å². The molecule has 2 aliphatic rings. The summed E-state index contributed by atoms with van der Waals surface area (Å²) in [5, 5.41) is 0. The van der Waals surface area contributed by atoms with Crippen molar-refractivity contribution < 1.29 is 4.79 Å². The average Bonchev–Trinajstić information content (AvgIpc) is 3.00. The highest BCUT2D eigenvalue weighted by Gasteiger charge is 2.34. The smallest absolute Gasteiger partial charge is 0.227 e. The average molecular weight is 302 g/mol. The number of carbonyl (C=O) groups is 1. The molecule has 3 rings (SSSR count). The van der Waals surface area contributed by atoms with Gasteiger partial charge in [0.15, 0.2) is 0 Å². The standard InChI is InChI=1S/C17H26N4O/c1-13(14-4-3-7-19-12-14)20-8-10-21(11-9-20)17(22)15-5-2-6-16(15)18/h3-4,7,12-13,15-16H,2,5-6,8-11,18H2,1H3/t13-,15-,16+/m1/s1. The van der Waals surface area contributed by atoms with Crippen LogP contribution < -0.4 is 5.73 Å². The van der Waals surface area contributed by atoms with E-state index in [0.717, 1.165) is 45.4 Å². The Morgan fingerprint density at radius 2 is 2.09 bits per heavy atom. The summed E-state index contributed by atoms with van der Waals surface area (Å²) in [4.78, 5) is 21.2. The van der Waals surface area contributed by atoms with Gasteiger partial charge < -0.3 is 10.6 Å². The van der Waals surface area contributed by atoms with Crippen LogP contribution in [0.3, 0.4) is 0 Å². The number of piperazine rings is 1. The summed E-state index contributed by atoms with van der Waals surface area (Å²) in [5.74, 6) is 0.334. The lowest BCUT2D eigenvalue weighted by Crippen LogP contribution is -2.52. The van der Waals surface area contributed by atoms with Crippen molar-refractivity contribution in [1.82, 2.24) is 14.8 Å². The minimum Gasteiger partial charge on any atom is -0.340 e. The third kappa shape index (κ3) is 3.15. The van der Waals surface area contributed by atoms with Crippen LogP contribution in [-0.4, -0.2) is 52.9 Å². The largest absolute Gasteiger partial charge is 0.340 e. The molecule has 1 aliphatic carbocycles. The lowest BCUT2D eigenvalue weighted by atomic mass is 10.0. The summed E-state index contributed by atoms with van der Waals surface area (Å²) in [7, 11) is 0. The van der Waals surface area contributed by atoms with Crippen molar-refractivity contribution in [3.05, 3.63) is 30.1 Å². The van der Waals surface area contributed by atoms with E-state index in [2.05, 4.69) is 22.9 Å². The fourth-order valence-electron chi connectivity index (χ4n) is 3.69. The molecule has 2 fully saturated rings. The molecule has 0 unspecified atom stereocenters. The summed E-state index contributed by atoms with van der Waals surface area (Å²) < 4.78 is 0. The van der Waals surface area contributed by atoms with Gasteiger partial charge in [0.2, 0.25) is 5.91 Å². The van der Waals surface area contributed by atoms with Crippen LogP contribution in [0.15, 0.2) is 24.5 Å². The predicted molar refractivity (Wildman–Crippen MR) is 86.1 cm³/mol. The van der Waals surface area contributed by atoms with Crippen LogP contribution in [-0.2, 0) is 4.79 Å². The van der Waals surface area contributed by atoms with Gasteiger partial charge >= 0.3 is 0 Å². The molecule has 22 heavy (non-hydrogen) atoms. The first-order valence-electron chi connectivity index (χ1n) is 8.35. The van der Waals surface area contributed by atoms with Crippen LogP contribution in [0.25, 0.3) is 0 Å². The van der Waals surface area contributed by atoms with Crippen LogP contribution in [0.5, 0.6) is 0 Å². The van der Waals surface area contributed by atoms with Gasteiger partial charge in [0.25, 0.3) is 0 Å². The number of pyridine rings is 1. The van der Waals surface area contributed by atoms with Crippen molar-refractivity contribution >= 4 is 5.91 Å². The van der Waals surface area contributed by atoms with Gasteiger partial charge in [-0.15, -0.1) is 0 Å². The highest BCUT2D eigenvalue weighted by atomic mass is 16.2. The number of hydrogen-bond acceptors (Lipinski definition) is 4. The Labute approximate surface area is 132 Å². The minimum atomic E-state index is 0.0577. The normalized spacial score (nSPS) is 27.8. The molecule has 0 radical (unpaired) electrons. The molecule has 1 amide bonds. The fourth-order valence-corrected chi connectivity index (χ4v) is 3.69. The highest BCUT2D eigenvalue weighted by molar-refractivity contribution is 5.80. The van der Waals surface area contributed by atoms with E-state index in [9.17, 15) is 4.79 Å². The number of nitrogens with zero attached hydrogens (tertiary/aromatic N) is 3. The summed E-state index contributed by atoms with van der Waals surface area (Å²) in [6.45, 7) is 5.67. The first kappa shape index (κ1) is 15.4. The van der Waals surface area contributed by atoms with E-state index in [1.165, 1.54) is 5.56 Å². The number of rotatable bonds is 3. The fraction of sp³-hybridized carbons (Fsp3) is 0.647. The molecule has 2 N–H and O–H groups in total. The van der Waals surface area contributed by atoms with Crippen LogP contribution in [0.4, 0.5) is 0 Å². The Morgan fingerprint density at radius 3 is 2.68 bits per heavy atom. The van der Waals surface area contributed by atoms with Gasteiger partial charge in [-0.05, 0) is 31.4 Å². The van der Waals surface area contributed by atoms with E-state index in [0.29, 0.717) is 6.04 Å². The Bertz CT molecular complexity index is 499. The van der Waals surface area contributed by atoms with Crippen molar-refractivity contribution in [2.45, 2.75) is 38.3 Å².